The van der Waals surface area contributed by atoms with Gasteiger partial charge in [0.05, 0.1) is 6.04 Å². The average Bonchev–Trinajstić information content (AvgIpc) is 2.48. The highest BCUT2D eigenvalue weighted by Crippen LogP contribution is 2.17. The van der Waals surface area contributed by atoms with Crippen LogP contribution in [0.15, 0.2) is 48.5 Å². The Morgan fingerprint density at radius 2 is 1.76 bits per heavy atom. The normalized spacial score (nSPS) is 11.8. The van der Waals surface area contributed by atoms with Crippen molar-refractivity contribution >= 4 is 23.0 Å². The molecule has 0 aliphatic rings. The van der Waals surface area contributed by atoms with Gasteiger partial charge in [0.2, 0.25) is 0 Å². The van der Waals surface area contributed by atoms with Crippen LogP contribution in [-0.2, 0) is 6.42 Å². The molecule has 3 heteroatoms. The molecular formula is C18H22N2S. The molecule has 110 valence electrons. The van der Waals surface area contributed by atoms with Crippen molar-refractivity contribution in [1.82, 2.24) is 5.32 Å². The summed E-state index contributed by atoms with van der Waals surface area (Å²) in [6.45, 7) is 6.35. The van der Waals surface area contributed by atoms with Gasteiger partial charge in [0.1, 0.15) is 0 Å². The average molecular weight is 298 g/mol. The molecule has 0 heterocycles. The fraction of sp³-hybridized carbons (Fsp3) is 0.278. The van der Waals surface area contributed by atoms with E-state index < -0.39 is 0 Å². The Hall–Kier alpha value is -1.87. The first-order valence-electron chi connectivity index (χ1n) is 7.32. The number of rotatable bonds is 4. The zero-order valence-electron chi connectivity index (χ0n) is 12.8. The van der Waals surface area contributed by atoms with E-state index in [1.807, 2.05) is 6.07 Å². The lowest BCUT2D eigenvalue weighted by atomic mass is 10.1. The second-order valence-corrected chi connectivity index (χ2v) is 5.65. The largest absolute Gasteiger partial charge is 0.356 e. The van der Waals surface area contributed by atoms with E-state index in [-0.39, 0.29) is 6.04 Å². The Kier molecular flexibility index (Phi) is 5.34. The molecule has 0 aromatic heterocycles. The Morgan fingerprint density at radius 3 is 2.43 bits per heavy atom. The van der Waals surface area contributed by atoms with Crippen molar-refractivity contribution in [3.05, 3.63) is 65.2 Å². The van der Waals surface area contributed by atoms with Gasteiger partial charge in [-0.3, -0.25) is 0 Å². The SMILES string of the molecule is CCc1ccccc1NC(=S)N[C@@H](C)c1ccc(C)cc1. The highest BCUT2D eigenvalue weighted by molar-refractivity contribution is 7.80. The van der Waals surface area contributed by atoms with E-state index in [0.717, 1.165) is 12.1 Å². The Morgan fingerprint density at radius 1 is 1.10 bits per heavy atom. The number of nitrogens with one attached hydrogen (secondary N) is 2. The summed E-state index contributed by atoms with van der Waals surface area (Å²) in [7, 11) is 0. The molecule has 0 aliphatic carbocycles. The number of aryl methyl sites for hydroxylation is 2. The Bertz CT molecular complexity index is 605. The molecule has 2 aromatic carbocycles. The molecule has 2 N–H and O–H groups in total. The van der Waals surface area contributed by atoms with E-state index in [1.54, 1.807) is 0 Å². The molecule has 0 amide bonds. The fourth-order valence-electron chi connectivity index (χ4n) is 2.24. The molecular weight excluding hydrogens is 276 g/mol. The van der Waals surface area contributed by atoms with Gasteiger partial charge in [-0.2, -0.15) is 0 Å². The summed E-state index contributed by atoms with van der Waals surface area (Å²) in [6.07, 6.45) is 0.985. The van der Waals surface area contributed by atoms with Crippen molar-refractivity contribution in [2.75, 3.05) is 5.32 Å². The first kappa shape index (κ1) is 15.5. The summed E-state index contributed by atoms with van der Waals surface area (Å²) < 4.78 is 0. The minimum Gasteiger partial charge on any atom is -0.356 e. The summed E-state index contributed by atoms with van der Waals surface area (Å²) in [5, 5.41) is 7.29. The second-order valence-electron chi connectivity index (χ2n) is 5.24. The van der Waals surface area contributed by atoms with Crippen LogP contribution in [0.25, 0.3) is 0 Å². The van der Waals surface area contributed by atoms with Crippen molar-refractivity contribution in [1.29, 1.82) is 0 Å². The van der Waals surface area contributed by atoms with Crippen LogP contribution in [0.2, 0.25) is 0 Å². The first-order chi connectivity index (χ1) is 10.1. The third kappa shape index (κ3) is 4.30. The molecule has 0 unspecified atom stereocenters. The summed E-state index contributed by atoms with van der Waals surface area (Å²) in [6, 6.07) is 16.9. The molecule has 0 spiro atoms. The van der Waals surface area contributed by atoms with E-state index in [2.05, 4.69) is 73.9 Å². The molecule has 21 heavy (non-hydrogen) atoms. The van der Waals surface area contributed by atoms with Crippen LogP contribution in [-0.4, -0.2) is 5.11 Å². The maximum absolute atomic E-state index is 5.42. The first-order valence-corrected chi connectivity index (χ1v) is 7.73. The van der Waals surface area contributed by atoms with Crippen LogP contribution in [0.4, 0.5) is 5.69 Å². The molecule has 0 bridgehead atoms. The van der Waals surface area contributed by atoms with Crippen molar-refractivity contribution in [3.8, 4) is 0 Å². The molecule has 0 aliphatic heterocycles. The van der Waals surface area contributed by atoms with E-state index in [9.17, 15) is 0 Å². The summed E-state index contributed by atoms with van der Waals surface area (Å²) in [5.41, 5.74) is 4.84. The lowest BCUT2D eigenvalue weighted by molar-refractivity contribution is 0.722. The minimum absolute atomic E-state index is 0.180. The number of hydrogen-bond acceptors (Lipinski definition) is 1. The third-order valence-corrected chi connectivity index (χ3v) is 3.79. The van der Waals surface area contributed by atoms with E-state index in [4.69, 9.17) is 12.2 Å². The predicted molar refractivity (Wildman–Crippen MR) is 94.8 cm³/mol. The maximum atomic E-state index is 5.42. The number of benzene rings is 2. The summed E-state index contributed by atoms with van der Waals surface area (Å²) >= 11 is 5.42. The number of anilines is 1. The predicted octanol–water partition coefficient (Wildman–Crippen LogP) is 4.61. The number of para-hydroxylation sites is 1. The van der Waals surface area contributed by atoms with Crippen LogP contribution < -0.4 is 10.6 Å². The van der Waals surface area contributed by atoms with Gasteiger partial charge in [0.15, 0.2) is 5.11 Å². The van der Waals surface area contributed by atoms with Gasteiger partial charge in [-0.1, -0.05) is 55.0 Å². The van der Waals surface area contributed by atoms with Crippen molar-refractivity contribution in [2.24, 2.45) is 0 Å². The smallest absolute Gasteiger partial charge is 0.171 e. The molecule has 0 radical (unpaired) electrons. The standard InChI is InChI=1S/C18H22N2S/c1-4-15-7-5-6-8-17(15)20-18(21)19-14(3)16-11-9-13(2)10-12-16/h5-12,14H,4H2,1-3H3,(H2,19,20,21)/t14-/m0/s1. The van der Waals surface area contributed by atoms with Gasteiger partial charge >= 0.3 is 0 Å². The molecule has 2 aromatic rings. The lowest BCUT2D eigenvalue weighted by Gasteiger charge is -2.18. The topological polar surface area (TPSA) is 24.1 Å². The lowest BCUT2D eigenvalue weighted by Crippen LogP contribution is -2.31. The minimum atomic E-state index is 0.180. The van der Waals surface area contributed by atoms with Gasteiger partial charge < -0.3 is 10.6 Å². The second kappa shape index (κ2) is 7.23. The van der Waals surface area contributed by atoms with Crippen molar-refractivity contribution in [3.63, 3.8) is 0 Å². The zero-order valence-corrected chi connectivity index (χ0v) is 13.6. The quantitative estimate of drug-likeness (QED) is 0.806. The van der Waals surface area contributed by atoms with Gasteiger partial charge in [-0.25, -0.2) is 0 Å². The maximum Gasteiger partial charge on any atom is 0.171 e. The number of thiocarbonyl (C=S) groups is 1. The molecule has 0 saturated carbocycles. The summed E-state index contributed by atoms with van der Waals surface area (Å²) in [4.78, 5) is 0. The van der Waals surface area contributed by atoms with E-state index in [0.29, 0.717) is 5.11 Å². The van der Waals surface area contributed by atoms with Crippen LogP contribution in [0.3, 0.4) is 0 Å². The zero-order chi connectivity index (χ0) is 15.2. The van der Waals surface area contributed by atoms with Crippen LogP contribution in [0.1, 0.15) is 36.6 Å². The molecule has 1 atom stereocenters. The van der Waals surface area contributed by atoms with Crippen molar-refractivity contribution < 1.29 is 0 Å². The van der Waals surface area contributed by atoms with Crippen molar-refractivity contribution in [2.45, 2.75) is 33.2 Å². The molecule has 0 saturated heterocycles. The Balaban J connectivity index is 1.99. The van der Waals surface area contributed by atoms with E-state index in [1.165, 1.54) is 16.7 Å². The van der Waals surface area contributed by atoms with Gasteiger partial charge in [0, 0.05) is 5.69 Å². The number of hydrogen-bond donors (Lipinski definition) is 2. The van der Waals surface area contributed by atoms with Gasteiger partial charge in [-0.15, -0.1) is 0 Å². The van der Waals surface area contributed by atoms with Crippen LogP contribution >= 0.6 is 12.2 Å². The third-order valence-electron chi connectivity index (χ3n) is 3.57. The molecule has 0 fully saturated rings. The fourth-order valence-corrected chi connectivity index (χ4v) is 2.53. The summed E-state index contributed by atoms with van der Waals surface area (Å²) in [5.74, 6) is 0. The Labute approximate surface area is 132 Å². The van der Waals surface area contributed by atoms with Gasteiger partial charge in [-0.05, 0) is 49.7 Å². The highest BCUT2D eigenvalue weighted by Gasteiger charge is 2.08. The molecule has 2 nitrogen and oxygen atoms in total. The highest BCUT2D eigenvalue weighted by atomic mass is 32.1. The monoisotopic (exact) mass is 298 g/mol. The van der Waals surface area contributed by atoms with Crippen LogP contribution in [0.5, 0.6) is 0 Å². The van der Waals surface area contributed by atoms with Crippen LogP contribution in [0, 0.1) is 6.92 Å². The molecule has 2 rings (SSSR count). The van der Waals surface area contributed by atoms with E-state index >= 15 is 0 Å². The van der Waals surface area contributed by atoms with Gasteiger partial charge in [0.25, 0.3) is 0 Å².